The molecule has 1 aliphatic rings. The van der Waals surface area contributed by atoms with Gasteiger partial charge in [-0.3, -0.25) is 0 Å². The first-order chi connectivity index (χ1) is 9.24. The van der Waals surface area contributed by atoms with E-state index in [0.29, 0.717) is 0 Å². The van der Waals surface area contributed by atoms with Crippen molar-refractivity contribution < 1.29 is 0 Å². The number of nitrogens with two attached hydrogens (primary N) is 1. The standard InChI is InChI=1S/C15H20N4/c1-10-3-2-4-11(10)8-17-15-13-6-5-12(16)7-14(13)18-9-19-15/h5-7,9-11H,2-4,8,16H2,1H3,(H,17,18,19). The van der Waals surface area contributed by atoms with Crippen molar-refractivity contribution in [3.05, 3.63) is 24.5 Å². The lowest BCUT2D eigenvalue weighted by Gasteiger charge is -2.17. The van der Waals surface area contributed by atoms with Crippen LogP contribution in [0.25, 0.3) is 10.9 Å². The van der Waals surface area contributed by atoms with Crippen molar-refractivity contribution >= 4 is 22.4 Å². The van der Waals surface area contributed by atoms with Crippen LogP contribution in [-0.2, 0) is 0 Å². The molecule has 100 valence electrons. The summed E-state index contributed by atoms with van der Waals surface area (Å²) in [7, 11) is 0. The van der Waals surface area contributed by atoms with Crippen LogP contribution in [0.2, 0.25) is 0 Å². The lowest BCUT2D eigenvalue weighted by molar-refractivity contribution is 0.439. The van der Waals surface area contributed by atoms with Crippen molar-refractivity contribution in [3.63, 3.8) is 0 Å². The van der Waals surface area contributed by atoms with Crippen LogP contribution in [0.15, 0.2) is 24.5 Å². The highest BCUT2D eigenvalue weighted by molar-refractivity contribution is 5.90. The first-order valence-corrected chi connectivity index (χ1v) is 6.98. The zero-order chi connectivity index (χ0) is 13.2. The maximum atomic E-state index is 5.78. The van der Waals surface area contributed by atoms with Crippen molar-refractivity contribution in [2.24, 2.45) is 11.8 Å². The minimum Gasteiger partial charge on any atom is -0.399 e. The van der Waals surface area contributed by atoms with Crippen molar-refractivity contribution in [1.29, 1.82) is 0 Å². The monoisotopic (exact) mass is 256 g/mol. The average Bonchev–Trinajstić information content (AvgIpc) is 2.81. The summed E-state index contributed by atoms with van der Waals surface area (Å²) in [5.74, 6) is 2.50. The summed E-state index contributed by atoms with van der Waals surface area (Å²) in [5, 5.41) is 4.53. The molecule has 4 heteroatoms. The predicted octanol–water partition coefficient (Wildman–Crippen LogP) is 3.06. The molecular formula is C15H20N4. The fraction of sp³-hybridized carbons (Fsp3) is 0.467. The summed E-state index contributed by atoms with van der Waals surface area (Å²) >= 11 is 0. The second-order valence-corrected chi connectivity index (χ2v) is 5.55. The van der Waals surface area contributed by atoms with E-state index < -0.39 is 0 Å². The minimum absolute atomic E-state index is 0.738. The fourth-order valence-corrected chi connectivity index (χ4v) is 2.97. The Labute approximate surface area is 113 Å². The van der Waals surface area contributed by atoms with E-state index in [-0.39, 0.29) is 0 Å². The average molecular weight is 256 g/mol. The number of nitrogens with one attached hydrogen (secondary N) is 1. The molecule has 0 bridgehead atoms. The summed E-state index contributed by atoms with van der Waals surface area (Å²) in [6.45, 7) is 3.34. The number of rotatable bonds is 3. The van der Waals surface area contributed by atoms with Crippen molar-refractivity contribution in [3.8, 4) is 0 Å². The minimum atomic E-state index is 0.738. The van der Waals surface area contributed by atoms with Gasteiger partial charge in [0, 0.05) is 17.6 Å². The van der Waals surface area contributed by atoms with Gasteiger partial charge in [0.05, 0.1) is 5.52 Å². The van der Waals surface area contributed by atoms with E-state index in [1.165, 1.54) is 19.3 Å². The maximum Gasteiger partial charge on any atom is 0.137 e. The van der Waals surface area contributed by atoms with Crippen LogP contribution in [0.3, 0.4) is 0 Å². The Bertz CT molecular complexity index is 581. The number of hydrogen-bond acceptors (Lipinski definition) is 4. The lowest BCUT2D eigenvalue weighted by atomic mass is 9.98. The molecule has 19 heavy (non-hydrogen) atoms. The van der Waals surface area contributed by atoms with Crippen LogP contribution in [0.5, 0.6) is 0 Å². The molecule has 0 aliphatic heterocycles. The first kappa shape index (κ1) is 12.2. The number of nitrogen functional groups attached to an aromatic ring is 1. The van der Waals surface area contributed by atoms with E-state index in [9.17, 15) is 0 Å². The summed E-state index contributed by atoms with van der Waals surface area (Å²) in [6, 6.07) is 5.78. The predicted molar refractivity (Wildman–Crippen MR) is 78.9 cm³/mol. The van der Waals surface area contributed by atoms with Crippen LogP contribution >= 0.6 is 0 Å². The van der Waals surface area contributed by atoms with E-state index in [1.807, 2.05) is 18.2 Å². The molecule has 4 nitrogen and oxygen atoms in total. The highest BCUT2D eigenvalue weighted by atomic mass is 15.0. The molecule has 1 aromatic heterocycles. The van der Waals surface area contributed by atoms with E-state index in [4.69, 9.17) is 5.73 Å². The Morgan fingerprint density at radius 1 is 1.32 bits per heavy atom. The molecule has 0 amide bonds. The Morgan fingerprint density at radius 3 is 3.00 bits per heavy atom. The highest BCUT2D eigenvalue weighted by Gasteiger charge is 2.23. The van der Waals surface area contributed by atoms with Crippen LogP contribution in [-0.4, -0.2) is 16.5 Å². The van der Waals surface area contributed by atoms with E-state index in [0.717, 1.165) is 40.8 Å². The van der Waals surface area contributed by atoms with Crippen molar-refractivity contribution in [2.75, 3.05) is 17.6 Å². The Morgan fingerprint density at radius 2 is 2.21 bits per heavy atom. The van der Waals surface area contributed by atoms with Gasteiger partial charge in [-0.2, -0.15) is 0 Å². The molecule has 2 atom stereocenters. The van der Waals surface area contributed by atoms with Gasteiger partial charge in [0.25, 0.3) is 0 Å². The van der Waals surface area contributed by atoms with E-state index in [1.54, 1.807) is 6.33 Å². The molecule has 2 aromatic rings. The largest absolute Gasteiger partial charge is 0.399 e. The molecule has 2 unspecified atom stereocenters. The molecule has 3 rings (SSSR count). The normalized spacial score (nSPS) is 22.8. The summed E-state index contributed by atoms with van der Waals surface area (Å²) in [6.07, 6.45) is 5.63. The number of nitrogens with zero attached hydrogens (tertiary/aromatic N) is 2. The number of hydrogen-bond donors (Lipinski definition) is 2. The van der Waals surface area contributed by atoms with Gasteiger partial charge in [0.1, 0.15) is 12.1 Å². The van der Waals surface area contributed by atoms with Crippen molar-refractivity contribution in [2.45, 2.75) is 26.2 Å². The third-order valence-corrected chi connectivity index (χ3v) is 4.23. The highest BCUT2D eigenvalue weighted by Crippen LogP contribution is 2.31. The molecule has 1 aromatic carbocycles. The molecule has 1 saturated carbocycles. The summed E-state index contributed by atoms with van der Waals surface area (Å²) in [4.78, 5) is 8.63. The fourth-order valence-electron chi connectivity index (χ4n) is 2.97. The third kappa shape index (κ3) is 2.48. The van der Waals surface area contributed by atoms with Gasteiger partial charge < -0.3 is 11.1 Å². The molecule has 1 heterocycles. The Kier molecular flexibility index (Phi) is 3.23. The van der Waals surface area contributed by atoms with Crippen LogP contribution in [0.1, 0.15) is 26.2 Å². The van der Waals surface area contributed by atoms with Gasteiger partial charge in [0.15, 0.2) is 0 Å². The SMILES string of the molecule is CC1CCCC1CNc1ncnc2cc(N)ccc12. The van der Waals surface area contributed by atoms with Gasteiger partial charge in [-0.05, 0) is 36.5 Å². The molecule has 0 radical (unpaired) electrons. The smallest absolute Gasteiger partial charge is 0.137 e. The molecule has 3 N–H and O–H groups in total. The Balaban J connectivity index is 1.81. The quantitative estimate of drug-likeness (QED) is 0.828. The maximum absolute atomic E-state index is 5.78. The van der Waals surface area contributed by atoms with Gasteiger partial charge in [-0.1, -0.05) is 19.8 Å². The van der Waals surface area contributed by atoms with Gasteiger partial charge in [-0.25, -0.2) is 9.97 Å². The second kappa shape index (κ2) is 5.03. The summed E-state index contributed by atoms with van der Waals surface area (Å²) < 4.78 is 0. The first-order valence-electron chi connectivity index (χ1n) is 6.98. The van der Waals surface area contributed by atoms with Crippen LogP contribution < -0.4 is 11.1 Å². The molecular weight excluding hydrogens is 236 g/mol. The second-order valence-electron chi connectivity index (χ2n) is 5.55. The van der Waals surface area contributed by atoms with Gasteiger partial charge >= 0.3 is 0 Å². The molecule has 1 fully saturated rings. The van der Waals surface area contributed by atoms with E-state index >= 15 is 0 Å². The zero-order valence-corrected chi connectivity index (χ0v) is 11.3. The molecule has 0 spiro atoms. The number of benzene rings is 1. The van der Waals surface area contributed by atoms with Gasteiger partial charge in [0.2, 0.25) is 0 Å². The molecule has 0 saturated heterocycles. The van der Waals surface area contributed by atoms with Crippen LogP contribution in [0.4, 0.5) is 11.5 Å². The third-order valence-electron chi connectivity index (χ3n) is 4.23. The Hall–Kier alpha value is -1.84. The summed E-state index contributed by atoms with van der Waals surface area (Å²) in [5.41, 5.74) is 7.42. The zero-order valence-electron chi connectivity index (χ0n) is 11.3. The number of aromatic nitrogens is 2. The van der Waals surface area contributed by atoms with Gasteiger partial charge in [-0.15, -0.1) is 0 Å². The van der Waals surface area contributed by atoms with Crippen molar-refractivity contribution in [1.82, 2.24) is 9.97 Å². The number of fused-ring (bicyclic) bond motifs is 1. The van der Waals surface area contributed by atoms with Crippen LogP contribution in [0, 0.1) is 11.8 Å². The number of anilines is 2. The topological polar surface area (TPSA) is 63.8 Å². The molecule has 1 aliphatic carbocycles. The lowest BCUT2D eigenvalue weighted by Crippen LogP contribution is -2.17. The van der Waals surface area contributed by atoms with E-state index in [2.05, 4.69) is 22.2 Å².